The van der Waals surface area contributed by atoms with Crippen molar-refractivity contribution in [3.63, 3.8) is 0 Å². The number of carbonyl (C=O) groups excluding carboxylic acids is 2. The first-order chi connectivity index (χ1) is 38.4. The summed E-state index contributed by atoms with van der Waals surface area (Å²) in [5, 5.41) is 3.02. The maximum atomic E-state index is 13.6. The molecule has 0 saturated carbocycles. The number of carbonyl (C=O) groups is 2. The Morgan fingerprint density at radius 3 is 1.24 bits per heavy atom. The Morgan fingerprint density at radius 1 is 0.456 bits per heavy atom. The van der Waals surface area contributed by atoms with Gasteiger partial charge in [0.2, 0.25) is 5.91 Å². The van der Waals surface area contributed by atoms with E-state index in [9.17, 15) is 19.0 Å². The van der Waals surface area contributed by atoms with Crippen LogP contribution in [0.5, 0.6) is 0 Å². The van der Waals surface area contributed by atoms with Crippen LogP contribution in [0.15, 0.2) is 109 Å². The minimum atomic E-state index is -4.72. The highest BCUT2D eigenvalue weighted by atomic mass is 31.2. The minimum absolute atomic E-state index is 0.0343. The molecule has 0 rings (SSSR count). The number of hydrogen-bond acceptors (Lipinski definition) is 7. The van der Waals surface area contributed by atoms with Gasteiger partial charge in [-0.05, 0) is 115 Å². The molecule has 454 valence electrons. The second-order valence-corrected chi connectivity index (χ2v) is 23.9. The Hall–Kier alpha value is -3.33. The number of quaternary nitrogens is 1. The van der Waals surface area contributed by atoms with Crippen LogP contribution in [0.4, 0.5) is 0 Å². The van der Waals surface area contributed by atoms with Crippen LogP contribution in [-0.2, 0) is 27.9 Å². The maximum Gasteiger partial charge on any atom is 0.306 e. The Kier molecular flexibility index (Phi) is 55.4. The van der Waals surface area contributed by atoms with Crippen LogP contribution in [0.3, 0.4) is 0 Å². The molecule has 0 aliphatic carbocycles. The van der Waals surface area contributed by atoms with Crippen LogP contribution in [-0.4, -0.2) is 69.4 Å². The number of rotatable bonds is 57. The standard InChI is InChI=1S/C69H121N2O7P/c1-7-10-13-16-19-22-25-28-30-32-33-34-35-36-37-39-40-43-46-49-52-55-58-61-68(72)70-66(65-77-79(74,75)76-64-63-71(4,5)6)67(60-57-54-51-48-45-42-27-24-21-18-15-12-9-3)78-69(73)62-59-56-53-50-47-44-41-38-31-29-26-23-20-17-14-11-8-2/h10,13,19-20,22-23,28-31,33-34,36-37,40,43,57,60,66-67H,7-9,11-12,14-18,21,24-27,32,35,38-39,41-42,44-56,58-59,61-65H2,1-6H3,(H-,70,72,74,75)/b13-10-,22-19-,23-20-,30-28-,31-29-,34-33-,37-36-,43-40-,60-57-. The second-order valence-electron chi connectivity index (χ2n) is 22.5. The lowest BCUT2D eigenvalue weighted by molar-refractivity contribution is -0.870. The fourth-order valence-corrected chi connectivity index (χ4v) is 9.45. The van der Waals surface area contributed by atoms with E-state index in [1.807, 2.05) is 33.3 Å². The number of likely N-dealkylation sites (N-methyl/N-ethyl adjacent to an activating group) is 1. The molecule has 79 heavy (non-hydrogen) atoms. The third-order valence-electron chi connectivity index (χ3n) is 13.7. The van der Waals surface area contributed by atoms with E-state index in [-0.39, 0.29) is 31.3 Å². The van der Waals surface area contributed by atoms with Crippen LogP contribution in [0, 0.1) is 0 Å². The topological polar surface area (TPSA) is 114 Å². The van der Waals surface area contributed by atoms with E-state index in [1.54, 1.807) is 0 Å². The molecule has 0 aliphatic heterocycles. The van der Waals surface area contributed by atoms with Gasteiger partial charge in [0.15, 0.2) is 0 Å². The van der Waals surface area contributed by atoms with Crippen LogP contribution in [0.2, 0.25) is 0 Å². The van der Waals surface area contributed by atoms with Gasteiger partial charge in [0.05, 0.1) is 33.8 Å². The number of ether oxygens (including phenoxy) is 1. The summed E-state index contributed by atoms with van der Waals surface area (Å²) in [6.07, 6.45) is 79.1. The molecule has 1 N–H and O–H groups in total. The monoisotopic (exact) mass is 1120 g/mol. The van der Waals surface area contributed by atoms with Gasteiger partial charge in [0.1, 0.15) is 19.3 Å². The molecule has 0 aromatic carbocycles. The molecule has 3 unspecified atom stereocenters. The average molecular weight is 1120 g/mol. The largest absolute Gasteiger partial charge is 0.756 e. The third kappa shape index (κ3) is 59.1. The van der Waals surface area contributed by atoms with E-state index in [4.69, 9.17) is 13.8 Å². The first-order valence-corrected chi connectivity index (χ1v) is 33.7. The zero-order valence-corrected chi connectivity index (χ0v) is 52.7. The van der Waals surface area contributed by atoms with Gasteiger partial charge in [0, 0.05) is 12.8 Å². The summed E-state index contributed by atoms with van der Waals surface area (Å²) in [6.45, 7) is 6.68. The summed E-state index contributed by atoms with van der Waals surface area (Å²) >= 11 is 0. The summed E-state index contributed by atoms with van der Waals surface area (Å²) in [4.78, 5) is 40.1. The van der Waals surface area contributed by atoms with E-state index in [2.05, 4.69) is 123 Å². The lowest BCUT2D eigenvalue weighted by Gasteiger charge is -2.30. The van der Waals surface area contributed by atoms with E-state index < -0.39 is 26.6 Å². The van der Waals surface area contributed by atoms with E-state index in [1.165, 1.54) is 103 Å². The number of esters is 1. The molecule has 9 nitrogen and oxygen atoms in total. The molecule has 0 spiro atoms. The first-order valence-electron chi connectivity index (χ1n) is 32.2. The fourth-order valence-electron chi connectivity index (χ4n) is 8.73. The van der Waals surface area contributed by atoms with Gasteiger partial charge in [-0.3, -0.25) is 14.2 Å². The molecule has 0 saturated heterocycles. The van der Waals surface area contributed by atoms with Crippen molar-refractivity contribution in [2.24, 2.45) is 0 Å². The molecule has 0 radical (unpaired) electrons. The molecular formula is C69H121N2O7P. The van der Waals surface area contributed by atoms with Crippen molar-refractivity contribution in [2.45, 2.75) is 277 Å². The van der Waals surface area contributed by atoms with Gasteiger partial charge in [-0.15, -0.1) is 0 Å². The molecule has 0 aliphatic rings. The molecule has 0 fully saturated rings. The lowest BCUT2D eigenvalue weighted by Crippen LogP contribution is -2.47. The first kappa shape index (κ1) is 75.7. The summed E-state index contributed by atoms with van der Waals surface area (Å²) < 4.78 is 30.3. The molecule has 0 heterocycles. The van der Waals surface area contributed by atoms with Crippen molar-refractivity contribution in [1.82, 2.24) is 5.32 Å². The number of nitrogens with zero attached hydrogens (tertiary/aromatic N) is 1. The van der Waals surface area contributed by atoms with Crippen LogP contribution in [0.1, 0.15) is 265 Å². The predicted molar refractivity (Wildman–Crippen MR) is 339 cm³/mol. The molecule has 10 heteroatoms. The summed E-state index contributed by atoms with van der Waals surface area (Å²) in [7, 11) is 1.15. The molecule has 1 amide bonds. The van der Waals surface area contributed by atoms with Crippen LogP contribution < -0.4 is 10.2 Å². The summed E-state index contributed by atoms with van der Waals surface area (Å²) in [5.41, 5.74) is 0. The molecule has 0 aromatic heterocycles. The number of amides is 1. The van der Waals surface area contributed by atoms with Crippen molar-refractivity contribution in [3.05, 3.63) is 109 Å². The SMILES string of the molecule is CC/C=C\C/C=C\C/C=C\C/C=C\C/C=C\C/C=C\CCCCCCC(=O)NC(COP(=O)([O-])OCC[N+](C)(C)C)C(/C=C\CCCCCCCCCCCCC)OC(=O)CCCCCCCCC/C=C\C/C=C\CCCCC. The number of phosphoric ester groups is 1. The number of phosphoric acid groups is 1. The van der Waals surface area contributed by atoms with E-state index in [0.717, 1.165) is 116 Å². The lowest BCUT2D eigenvalue weighted by atomic mass is 10.0. The van der Waals surface area contributed by atoms with Crippen LogP contribution >= 0.6 is 7.82 Å². The smallest absolute Gasteiger partial charge is 0.306 e. The van der Waals surface area contributed by atoms with Crippen molar-refractivity contribution >= 4 is 19.7 Å². The maximum absolute atomic E-state index is 13.6. The third-order valence-corrected chi connectivity index (χ3v) is 14.7. The Balaban J connectivity index is 5.32. The van der Waals surface area contributed by atoms with Crippen molar-refractivity contribution in [2.75, 3.05) is 40.9 Å². The summed E-state index contributed by atoms with van der Waals surface area (Å²) in [6, 6.07) is -0.913. The Bertz CT molecular complexity index is 1720. The predicted octanol–water partition coefficient (Wildman–Crippen LogP) is 19.5. The zero-order valence-electron chi connectivity index (χ0n) is 51.8. The van der Waals surface area contributed by atoms with Crippen molar-refractivity contribution < 1.29 is 37.3 Å². The molecule has 0 aromatic rings. The van der Waals surface area contributed by atoms with Crippen molar-refractivity contribution in [1.29, 1.82) is 0 Å². The van der Waals surface area contributed by atoms with Gasteiger partial charge in [-0.25, -0.2) is 0 Å². The Labute approximate surface area is 487 Å². The molecular weight excluding hydrogens is 1000 g/mol. The average Bonchev–Trinajstić information content (AvgIpc) is 3.41. The molecule has 0 bridgehead atoms. The number of unbranched alkanes of at least 4 members (excludes halogenated alkanes) is 25. The van der Waals surface area contributed by atoms with E-state index in [0.29, 0.717) is 23.9 Å². The number of hydrogen-bond donors (Lipinski definition) is 1. The van der Waals surface area contributed by atoms with Crippen molar-refractivity contribution in [3.8, 4) is 0 Å². The highest BCUT2D eigenvalue weighted by Crippen LogP contribution is 2.38. The van der Waals surface area contributed by atoms with E-state index >= 15 is 0 Å². The number of nitrogens with one attached hydrogen (secondary N) is 1. The minimum Gasteiger partial charge on any atom is -0.756 e. The number of allylic oxidation sites excluding steroid dienone is 17. The zero-order chi connectivity index (χ0) is 57.9. The quantitative estimate of drug-likeness (QED) is 0.0212. The highest BCUT2D eigenvalue weighted by molar-refractivity contribution is 7.45. The fraction of sp³-hybridized carbons (Fsp3) is 0.710. The molecule has 3 atom stereocenters. The normalized spacial score (nSPS) is 14.4. The van der Waals surface area contributed by atoms with Crippen LogP contribution in [0.25, 0.3) is 0 Å². The second kappa shape index (κ2) is 57.9. The highest BCUT2D eigenvalue weighted by Gasteiger charge is 2.27. The van der Waals surface area contributed by atoms with Gasteiger partial charge in [-0.2, -0.15) is 0 Å². The summed E-state index contributed by atoms with van der Waals surface area (Å²) in [5.74, 6) is -0.582. The Morgan fingerprint density at radius 2 is 0.810 bits per heavy atom. The van der Waals surface area contributed by atoms with Gasteiger partial charge >= 0.3 is 5.97 Å². The van der Waals surface area contributed by atoms with Gasteiger partial charge < -0.3 is 28.5 Å². The van der Waals surface area contributed by atoms with Gasteiger partial charge in [-0.1, -0.05) is 246 Å². The van der Waals surface area contributed by atoms with Gasteiger partial charge in [0.25, 0.3) is 7.82 Å².